The minimum absolute atomic E-state index is 0.0438. The molecule has 3 heterocycles. The molecule has 3 rings (SSSR count). The van der Waals surface area contributed by atoms with E-state index in [9.17, 15) is 9.59 Å². The number of carboxylic acids is 1. The topological polar surface area (TPSA) is 76.6 Å². The van der Waals surface area contributed by atoms with Gasteiger partial charge in [-0.25, -0.2) is 4.79 Å². The lowest BCUT2D eigenvalue weighted by atomic mass is 10.0. The van der Waals surface area contributed by atoms with Crippen LogP contribution < -0.4 is 0 Å². The summed E-state index contributed by atoms with van der Waals surface area (Å²) in [5.41, 5.74) is 0. The fraction of sp³-hybridized carbons (Fsp3) is 0.882. The van der Waals surface area contributed by atoms with Crippen molar-refractivity contribution in [2.24, 2.45) is 0 Å². The molecule has 8 heteroatoms. The van der Waals surface area contributed by atoms with Gasteiger partial charge in [0.15, 0.2) is 0 Å². The number of aliphatic carboxylic acids is 1. The predicted octanol–water partition coefficient (Wildman–Crippen LogP) is -0.00630. The van der Waals surface area contributed by atoms with Gasteiger partial charge in [0, 0.05) is 45.3 Å². The molecule has 25 heavy (non-hydrogen) atoms. The van der Waals surface area contributed by atoms with Crippen LogP contribution in [0, 0.1) is 0 Å². The molecule has 0 spiro atoms. The Hall–Kier alpha value is -1.38. The lowest BCUT2D eigenvalue weighted by Crippen LogP contribution is -2.49. The molecule has 8 nitrogen and oxygen atoms in total. The summed E-state index contributed by atoms with van der Waals surface area (Å²) in [5.74, 6) is -0.741. The highest BCUT2D eigenvalue weighted by molar-refractivity contribution is 5.70. The van der Waals surface area contributed by atoms with Crippen molar-refractivity contribution < 1.29 is 19.4 Å². The van der Waals surface area contributed by atoms with Crippen LogP contribution in [-0.2, 0) is 9.53 Å². The van der Waals surface area contributed by atoms with Gasteiger partial charge in [-0.2, -0.15) is 0 Å². The Balaban J connectivity index is 1.39. The highest BCUT2D eigenvalue weighted by atomic mass is 16.6. The van der Waals surface area contributed by atoms with Crippen LogP contribution in [0.4, 0.5) is 4.79 Å². The molecule has 1 N–H and O–H groups in total. The highest BCUT2D eigenvalue weighted by Crippen LogP contribution is 2.22. The third-order valence-corrected chi connectivity index (χ3v) is 5.60. The molecule has 3 aliphatic heterocycles. The summed E-state index contributed by atoms with van der Waals surface area (Å²) in [5, 5.41) is 8.76. The van der Waals surface area contributed by atoms with Gasteiger partial charge in [-0.15, -0.1) is 0 Å². The van der Waals surface area contributed by atoms with E-state index < -0.39 is 5.97 Å². The summed E-state index contributed by atoms with van der Waals surface area (Å²) in [6, 6.07) is 0.321. The van der Waals surface area contributed by atoms with Gasteiger partial charge < -0.3 is 24.5 Å². The molecule has 1 atom stereocenters. The molecule has 142 valence electrons. The van der Waals surface area contributed by atoms with Crippen molar-refractivity contribution in [3.63, 3.8) is 0 Å². The van der Waals surface area contributed by atoms with Crippen LogP contribution in [0.1, 0.15) is 19.3 Å². The van der Waals surface area contributed by atoms with Gasteiger partial charge in [0.2, 0.25) is 0 Å². The predicted molar refractivity (Wildman–Crippen MR) is 92.6 cm³/mol. The molecular formula is C17H30N4O4. The first-order chi connectivity index (χ1) is 12.0. The Morgan fingerprint density at radius 3 is 2.40 bits per heavy atom. The number of nitrogens with zero attached hydrogens (tertiary/aromatic N) is 4. The largest absolute Gasteiger partial charge is 0.481 e. The fourth-order valence-corrected chi connectivity index (χ4v) is 3.98. The maximum atomic E-state index is 12.2. The number of carbonyl (C=O) groups excluding carboxylic acids is 1. The average molecular weight is 354 g/mol. The smallest absolute Gasteiger partial charge is 0.410 e. The molecule has 0 aliphatic carbocycles. The van der Waals surface area contributed by atoms with E-state index in [0.29, 0.717) is 19.1 Å². The summed E-state index contributed by atoms with van der Waals surface area (Å²) < 4.78 is 5.60. The van der Waals surface area contributed by atoms with Crippen molar-refractivity contribution in [3.8, 4) is 0 Å². The monoisotopic (exact) mass is 354 g/mol. The van der Waals surface area contributed by atoms with Crippen molar-refractivity contribution in [2.75, 3.05) is 66.0 Å². The molecule has 0 aromatic carbocycles. The summed E-state index contributed by atoms with van der Waals surface area (Å²) in [6.07, 6.45) is 2.06. The number of carboxylic acid groups (broad SMARTS) is 1. The number of cyclic esters (lactones) is 1. The summed E-state index contributed by atoms with van der Waals surface area (Å²) in [7, 11) is 2.12. The Morgan fingerprint density at radius 1 is 1.12 bits per heavy atom. The van der Waals surface area contributed by atoms with Gasteiger partial charge in [0.1, 0.15) is 6.10 Å². The molecule has 3 saturated heterocycles. The normalized spacial score (nSPS) is 27.6. The van der Waals surface area contributed by atoms with Crippen molar-refractivity contribution in [1.82, 2.24) is 19.6 Å². The lowest BCUT2D eigenvalue weighted by molar-refractivity contribution is -0.137. The lowest BCUT2D eigenvalue weighted by Gasteiger charge is -2.35. The zero-order chi connectivity index (χ0) is 17.8. The quantitative estimate of drug-likeness (QED) is 0.719. The van der Waals surface area contributed by atoms with Crippen LogP contribution in [0.3, 0.4) is 0 Å². The van der Waals surface area contributed by atoms with E-state index >= 15 is 0 Å². The Bertz CT molecular complexity index is 473. The third kappa shape index (κ3) is 5.05. The van der Waals surface area contributed by atoms with Crippen molar-refractivity contribution in [3.05, 3.63) is 0 Å². The van der Waals surface area contributed by atoms with Crippen molar-refractivity contribution in [1.29, 1.82) is 0 Å². The van der Waals surface area contributed by atoms with Crippen LogP contribution in [0.2, 0.25) is 0 Å². The van der Waals surface area contributed by atoms with Gasteiger partial charge in [-0.1, -0.05) is 0 Å². The maximum absolute atomic E-state index is 12.2. The number of piperidine rings is 1. The standard InChI is InChI=1S/C17H30N4O4/c1-18-5-2-14(3-6-18)21-13-15(25-17(21)24)12-20-10-8-19(9-11-20)7-4-16(22)23/h14-15H,2-13H2,1H3,(H,22,23). The molecule has 0 saturated carbocycles. The van der Waals surface area contributed by atoms with Crippen LogP contribution >= 0.6 is 0 Å². The van der Waals surface area contributed by atoms with Gasteiger partial charge in [-0.3, -0.25) is 9.69 Å². The molecule has 1 unspecified atom stereocenters. The third-order valence-electron chi connectivity index (χ3n) is 5.60. The van der Waals surface area contributed by atoms with E-state index in [1.807, 2.05) is 4.90 Å². The highest BCUT2D eigenvalue weighted by Gasteiger charge is 2.38. The van der Waals surface area contributed by atoms with Gasteiger partial charge in [0.05, 0.1) is 13.0 Å². The van der Waals surface area contributed by atoms with Crippen LogP contribution in [0.15, 0.2) is 0 Å². The fourth-order valence-electron chi connectivity index (χ4n) is 3.98. The number of ether oxygens (including phenoxy) is 1. The van der Waals surface area contributed by atoms with E-state index in [-0.39, 0.29) is 18.6 Å². The van der Waals surface area contributed by atoms with Crippen LogP contribution in [0.25, 0.3) is 0 Å². The Morgan fingerprint density at radius 2 is 1.76 bits per heavy atom. The van der Waals surface area contributed by atoms with Crippen LogP contribution in [-0.4, -0.2) is 115 Å². The first-order valence-corrected chi connectivity index (χ1v) is 9.33. The summed E-state index contributed by atoms with van der Waals surface area (Å²) >= 11 is 0. The first kappa shape index (κ1) is 18.4. The molecule has 0 bridgehead atoms. The van der Waals surface area contributed by atoms with Gasteiger partial charge in [0.25, 0.3) is 0 Å². The Kier molecular flexibility index (Phi) is 6.14. The zero-order valence-corrected chi connectivity index (χ0v) is 15.1. The number of likely N-dealkylation sites (tertiary alicyclic amines) is 1. The summed E-state index contributed by atoms with van der Waals surface area (Å²) in [4.78, 5) is 31.6. The number of amides is 1. The van der Waals surface area contributed by atoms with Crippen molar-refractivity contribution >= 4 is 12.1 Å². The number of piperazine rings is 1. The van der Waals surface area contributed by atoms with E-state index in [1.165, 1.54) is 0 Å². The van der Waals surface area contributed by atoms with Gasteiger partial charge >= 0.3 is 12.1 Å². The second-order valence-electron chi connectivity index (χ2n) is 7.48. The van der Waals surface area contributed by atoms with E-state index in [4.69, 9.17) is 9.84 Å². The van der Waals surface area contributed by atoms with E-state index in [1.54, 1.807) is 0 Å². The molecule has 1 amide bonds. The molecule has 0 aromatic heterocycles. The molecule has 3 aliphatic rings. The second kappa shape index (κ2) is 8.33. The van der Waals surface area contributed by atoms with E-state index in [0.717, 1.165) is 58.7 Å². The summed E-state index contributed by atoms with van der Waals surface area (Å²) in [6.45, 7) is 7.75. The maximum Gasteiger partial charge on any atom is 0.410 e. The number of hydrogen-bond donors (Lipinski definition) is 1. The minimum atomic E-state index is -0.741. The molecular weight excluding hydrogens is 324 g/mol. The minimum Gasteiger partial charge on any atom is -0.481 e. The van der Waals surface area contributed by atoms with Crippen LogP contribution in [0.5, 0.6) is 0 Å². The van der Waals surface area contributed by atoms with Crippen molar-refractivity contribution in [2.45, 2.75) is 31.4 Å². The Labute approximate surface area is 149 Å². The number of rotatable bonds is 6. The zero-order valence-electron chi connectivity index (χ0n) is 15.1. The number of hydrogen-bond acceptors (Lipinski definition) is 6. The second-order valence-corrected chi connectivity index (χ2v) is 7.48. The average Bonchev–Trinajstić information content (AvgIpc) is 2.95. The van der Waals surface area contributed by atoms with Gasteiger partial charge in [-0.05, 0) is 33.0 Å². The molecule has 0 aromatic rings. The van der Waals surface area contributed by atoms with E-state index in [2.05, 4.69) is 21.7 Å². The molecule has 0 radical (unpaired) electrons. The number of carbonyl (C=O) groups is 2. The first-order valence-electron chi connectivity index (χ1n) is 9.33. The SMILES string of the molecule is CN1CCC(N2CC(CN3CCN(CCC(=O)O)CC3)OC2=O)CC1. The molecule has 3 fully saturated rings.